The van der Waals surface area contributed by atoms with Crippen molar-refractivity contribution in [1.29, 1.82) is 0 Å². The summed E-state index contributed by atoms with van der Waals surface area (Å²) >= 11 is 0. The second-order valence-electron chi connectivity index (χ2n) is 7.89. The molecule has 0 saturated heterocycles. The average molecular weight is 444 g/mol. The van der Waals surface area contributed by atoms with Crippen molar-refractivity contribution < 1.29 is 19.4 Å². The van der Waals surface area contributed by atoms with E-state index in [-0.39, 0.29) is 17.2 Å². The number of fused-ring (bicyclic) bond motifs is 1. The standard InChI is InChI=1S/C26H25N3O4/c1-15-9-10-18(13-16(15)2)29-22-8-6-5-7-20(22)24(26(29)32)17(3)27-28-25(31)21-12-11-19(33-4)14-23(21)30/h5-14,27,30H,1-4H3,(H,28,31)/b24-17-. The lowest BCUT2D eigenvalue weighted by molar-refractivity contribution is -0.112. The summed E-state index contributed by atoms with van der Waals surface area (Å²) in [6, 6.07) is 17.9. The van der Waals surface area contributed by atoms with Crippen LogP contribution in [0.25, 0.3) is 5.57 Å². The molecule has 0 aliphatic carbocycles. The number of aromatic hydroxyl groups is 1. The number of amides is 2. The van der Waals surface area contributed by atoms with E-state index in [0.29, 0.717) is 17.0 Å². The number of carbonyl (C=O) groups is 2. The van der Waals surface area contributed by atoms with Crippen LogP contribution in [0.15, 0.2) is 66.4 Å². The first kappa shape index (κ1) is 22.0. The first-order chi connectivity index (χ1) is 15.8. The zero-order valence-electron chi connectivity index (χ0n) is 18.9. The highest BCUT2D eigenvalue weighted by Gasteiger charge is 2.35. The van der Waals surface area contributed by atoms with E-state index in [2.05, 4.69) is 10.9 Å². The summed E-state index contributed by atoms with van der Waals surface area (Å²) in [5, 5.41) is 10.1. The third-order valence-corrected chi connectivity index (χ3v) is 5.77. The third kappa shape index (κ3) is 4.01. The lowest BCUT2D eigenvalue weighted by atomic mass is 10.1. The Bertz CT molecular complexity index is 1300. The zero-order chi connectivity index (χ0) is 23.7. The van der Waals surface area contributed by atoms with Crippen molar-refractivity contribution in [2.45, 2.75) is 20.8 Å². The number of phenols is 1. The van der Waals surface area contributed by atoms with Gasteiger partial charge >= 0.3 is 0 Å². The fraction of sp³-hybridized carbons (Fsp3) is 0.154. The Balaban J connectivity index is 1.63. The number of para-hydroxylation sites is 1. The maximum atomic E-state index is 13.5. The molecule has 168 valence electrons. The lowest BCUT2D eigenvalue weighted by Crippen LogP contribution is -2.37. The topological polar surface area (TPSA) is 90.9 Å². The van der Waals surface area contributed by atoms with Crippen LogP contribution in [0, 0.1) is 13.8 Å². The number of rotatable bonds is 5. The molecule has 1 aliphatic rings. The normalized spacial score (nSPS) is 14.1. The van der Waals surface area contributed by atoms with Gasteiger partial charge in [0.25, 0.3) is 11.8 Å². The number of ether oxygens (including phenoxy) is 1. The predicted octanol–water partition coefficient (Wildman–Crippen LogP) is 4.36. The summed E-state index contributed by atoms with van der Waals surface area (Å²) in [6.45, 7) is 5.77. The Hall–Kier alpha value is -4.26. The van der Waals surface area contributed by atoms with Crippen molar-refractivity contribution in [2.24, 2.45) is 0 Å². The van der Waals surface area contributed by atoms with E-state index >= 15 is 0 Å². The minimum absolute atomic E-state index is 0.0796. The van der Waals surface area contributed by atoms with Crippen LogP contribution in [0.2, 0.25) is 0 Å². The molecule has 4 rings (SSSR count). The molecule has 3 aromatic rings. The largest absolute Gasteiger partial charge is 0.507 e. The number of hydrazine groups is 1. The number of nitrogens with zero attached hydrogens (tertiary/aromatic N) is 1. The number of allylic oxidation sites excluding steroid dienone is 1. The molecule has 7 nitrogen and oxygen atoms in total. The highest BCUT2D eigenvalue weighted by atomic mass is 16.5. The van der Waals surface area contributed by atoms with Gasteiger partial charge in [-0.25, -0.2) is 0 Å². The molecule has 0 aromatic heterocycles. The molecule has 0 radical (unpaired) electrons. The van der Waals surface area contributed by atoms with Crippen LogP contribution in [0.4, 0.5) is 11.4 Å². The van der Waals surface area contributed by atoms with Crippen molar-refractivity contribution in [3.05, 3.63) is 88.6 Å². The molecule has 7 heteroatoms. The van der Waals surface area contributed by atoms with E-state index in [1.165, 1.54) is 19.2 Å². The molecule has 0 spiro atoms. The van der Waals surface area contributed by atoms with Gasteiger partial charge in [0.2, 0.25) is 0 Å². The van der Waals surface area contributed by atoms with Crippen LogP contribution in [-0.4, -0.2) is 24.0 Å². The average Bonchev–Trinajstić information content (AvgIpc) is 3.10. The van der Waals surface area contributed by atoms with E-state index in [4.69, 9.17) is 4.74 Å². The molecule has 3 aromatic carbocycles. The van der Waals surface area contributed by atoms with Gasteiger partial charge in [0.1, 0.15) is 11.5 Å². The van der Waals surface area contributed by atoms with Gasteiger partial charge in [-0.2, -0.15) is 0 Å². The van der Waals surface area contributed by atoms with E-state index < -0.39 is 5.91 Å². The first-order valence-corrected chi connectivity index (χ1v) is 10.5. The van der Waals surface area contributed by atoms with Gasteiger partial charge in [-0.05, 0) is 62.2 Å². The zero-order valence-corrected chi connectivity index (χ0v) is 18.9. The van der Waals surface area contributed by atoms with E-state index in [1.54, 1.807) is 17.9 Å². The summed E-state index contributed by atoms with van der Waals surface area (Å²) in [5.74, 6) is -0.497. The highest BCUT2D eigenvalue weighted by molar-refractivity contribution is 6.35. The van der Waals surface area contributed by atoms with Crippen LogP contribution in [0.5, 0.6) is 11.5 Å². The fourth-order valence-corrected chi connectivity index (χ4v) is 3.81. The number of carbonyl (C=O) groups excluding carboxylic acids is 2. The van der Waals surface area contributed by atoms with E-state index in [1.807, 2.05) is 56.3 Å². The smallest absolute Gasteiger partial charge is 0.273 e. The second kappa shape index (κ2) is 8.70. The molecule has 0 atom stereocenters. The first-order valence-electron chi connectivity index (χ1n) is 10.5. The maximum Gasteiger partial charge on any atom is 0.273 e. The van der Waals surface area contributed by atoms with Gasteiger partial charge in [-0.1, -0.05) is 24.3 Å². The van der Waals surface area contributed by atoms with Gasteiger partial charge < -0.3 is 15.3 Å². The number of methoxy groups -OCH3 is 1. The molecule has 0 saturated carbocycles. The Morgan fingerprint density at radius 3 is 2.42 bits per heavy atom. The number of benzene rings is 3. The Morgan fingerprint density at radius 2 is 1.73 bits per heavy atom. The van der Waals surface area contributed by atoms with Crippen molar-refractivity contribution in [3.8, 4) is 11.5 Å². The molecule has 0 bridgehead atoms. The van der Waals surface area contributed by atoms with E-state index in [0.717, 1.165) is 28.1 Å². The molecule has 3 N–H and O–H groups in total. The van der Waals surface area contributed by atoms with Gasteiger partial charge in [-0.15, -0.1) is 0 Å². The van der Waals surface area contributed by atoms with Gasteiger partial charge in [0.05, 0.1) is 23.9 Å². The molecule has 0 fully saturated rings. The van der Waals surface area contributed by atoms with Gasteiger partial charge in [0.15, 0.2) is 0 Å². The van der Waals surface area contributed by atoms with Crippen molar-refractivity contribution in [1.82, 2.24) is 10.9 Å². The van der Waals surface area contributed by atoms with Crippen LogP contribution in [0.3, 0.4) is 0 Å². The van der Waals surface area contributed by atoms with Crippen LogP contribution >= 0.6 is 0 Å². The molecule has 1 heterocycles. The Labute approximate surface area is 192 Å². The second-order valence-corrected chi connectivity index (χ2v) is 7.89. The molecular formula is C26H25N3O4. The lowest BCUT2D eigenvalue weighted by Gasteiger charge is -2.18. The maximum absolute atomic E-state index is 13.5. The number of phenolic OH excluding ortho intramolecular Hbond substituents is 1. The van der Waals surface area contributed by atoms with Crippen molar-refractivity contribution in [3.63, 3.8) is 0 Å². The minimum Gasteiger partial charge on any atom is -0.507 e. The molecule has 1 aliphatic heterocycles. The quantitative estimate of drug-likeness (QED) is 0.403. The number of hydrogen-bond donors (Lipinski definition) is 3. The van der Waals surface area contributed by atoms with Gasteiger partial charge in [-0.3, -0.25) is 19.9 Å². The van der Waals surface area contributed by atoms with Crippen molar-refractivity contribution in [2.75, 3.05) is 12.0 Å². The van der Waals surface area contributed by atoms with Crippen LogP contribution in [-0.2, 0) is 4.79 Å². The minimum atomic E-state index is -0.542. The molecule has 33 heavy (non-hydrogen) atoms. The third-order valence-electron chi connectivity index (χ3n) is 5.77. The summed E-state index contributed by atoms with van der Waals surface area (Å²) in [5.41, 5.74) is 11.0. The molecule has 2 amide bonds. The monoisotopic (exact) mass is 443 g/mol. The van der Waals surface area contributed by atoms with E-state index in [9.17, 15) is 14.7 Å². The highest BCUT2D eigenvalue weighted by Crippen LogP contribution is 2.42. The summed E-state index contributed by atoms with van der Waals surface area (Å²) < 4.78 is 5.04. The predicted molar refractivity (Wildman–Crippen MR) is 127 cm³/mol. The SMILES string of the molecule is COc1ccc(C(=O)NN/C(C)=C2\C(=O)N(c3ccc(C)c(C)c3)c3ccccc32)c(O)c1. The molecule has 0 unspecified atom stereocenters. The summed E-state index contributed by atoms with van der Waals surface area (Å²) in [4.78, 5) is 27.8. The number of nitrogens with one attached hydrogen (secondary N) is 2. The van der Waals surface area contributed by atoms with Gasteiger partial charge in [0, 0.05) is 23.0 Å². The van der Waals surface area contributed by atoms with Crippen LogP contribution in [0.1, 0.15) is 34.0 Å². The molecular weight excluding hydrogens is 418 g/mol. The Morgan fingerprint density at radius 1 is 0.970 bits per heavy atom. The van der Waals surface area contributed by atoms with Crippen molar-refractivity contribution >= 4 is 28.8 Å². The number of hydrogen-bond acceptors (Lipinski definition) is 5. The number of aryl methyl sites for hydroxylation is 2. The number of anilines is 2. The fourth-order valence-electron chi connectivity index (χ4n) is 3.81. The summed E-state index contributed by atoms with van der Waals surface area (Å²) in [6.07, 6.45) is 0. The Kier molecular flexibility index (Phi) is 5.79. The summed E-state index contributed by atoms with van der Waals surface area (Å²) in [7, 11) is 1.48. The van der Waals surface area contributed by atoms with Crippen LogP contribution < -0.4 is 20.5 Å².